The number of guanidine groups is 1. The Morgan fingerprint density at radius 3 is 2.74 bits per heavy atom. The monoisotopic (exact) mass is 340 g/mol. The molecule has 1 N–H and O–H groups in total. The summed E-state index contributed by atoms with van der Waals surface area (Å²) >= 11 is 0. The van der Waals surface area contributed by atoms with Crippen molar-refractivity contribution in [3.63, 3.8) is 0 Å². The largest absolute Gasteiger partial charge is 0.357 e. The Hall–Kier alpha value is -1.08. The maximum absolute atomic E-state index is 11.6. The van der Waals surface area contributed by atoms with Crippen molar-refractivity contribution in [1.29, 1.82) is 0 Å². The molecular weight excluding hydrogens is 312 g/mol. The lowest BCUT2D eigenvalue weighted by atomic mass is 10.1. The fourth-order valence-corrected chi connectivity index (χ4v) is 5.53. The van der Waals surface area contributed by atoms with Gasteiger partial charge in [0.05, 0.1) is 11.5 Å². The van der Waals surface area contributed by atoms with Crippen LogP contribution in [0.3, 0.4) is 0 Å². The highest BCUT2D eigenvalue weighted by Gasteiger charge is 2.31. The zero-order chi connectivity index (χ0) is 16.3. The molecule has 0 spiro atoms. The minimum absolute atomic E-state index is 0.190. The van der Waals surface area contributed by atoms with Gasteiger partial charge in [0.2, 0.25) is 0 Å². The van der Waals surface area contributed by atoms with Crippen molar-refractivity contribution in [2.45, 2.75) is 25.8 Å². The standard InChI is InChI=1S/C16H28N4O2S/c1-2-17-16(18-11-14-6-10-23(21,22)13-14)20-9-5-15(12-20)19-7-3-4-8-19/h3-4,14-15H,2,5-13H2,1H3,(H,17,18). The number of likely N-dealkylation sites (tertiary alicyclic amines) is 1. The first-order valence-corrected chi connectivity index (χ1v) is 10.5. The Morgan fingerprint density at radius 2 is 2.09 bits per heavy atom. The molecular formula is C16H28N4O2S. The molecule has 0 aromatic carbocycles. The first-order valence-electron chi connectivity index (χ1n) is 8.70. The predicted octanol–water partition coefficient (Wildman–Crippen LogP) is 0.333. The summed E-state index contributed by atoms with van der Waals surface area (Å²) in [6, 6.07) is 0.598. The molecule has 23 heavy (non-hydrogen) atoms. The van der Waals surface area contributed by atoms with Crippen LogP contribution < -0.4 is 5.32 Å². The molecule has 3 aliphatic heterocycles. The Balaban J connectivity index is 1.57. The van der Waals surface area contributed by atoms with Gasteiger partial charge in [0, 0.05) is 45.3 Å². The van der Waals surface area contributed by atoms with E-state index in [0.29, 0.717) is 24.1 Å². The summed E-state index contributed by atoms with van der Waals surface area (Å²) in [5.41, 5.74) is 0. The third-order valence-electron chi connectivity index (χ3n) is 4.99. The van der Waals surface area contributed by atoms with Crippen LogP contribution in [-0.2, 0) is 9.84 Å². The summed E-state index contributed by atoms with van der Waals surface area (Å²) in [4.78, 5) is 9.57. The van der Waals surface area contributed by atoms with E-state index in [1.165, 1.54) is 6.42 Å². The minimum atomic E-state index is -2.81. The van der Waals surface area contributed by atoms with Gasteiger partial charge in [0.25, 0.3) is 0 Å². The molecule has 0 bridgehead atoms. The quantitative estimate of drug-likeness (QED) is 0.454. The number of nitrogens with one attached hydrogen (secondary N) is 1. The molecule has 0 aromatic rings. The second-order valence-electron chi connectivity index (χ2n) is 6.78. The zero-order valence-electron chi connectivity index (χ0n) is 13.9. The molecule has 6 nitrogen and oxygen atoms in total. The molecule has 0 aromatic heterocycles. The molecule has 0 aliphatic carbocycles. The van der Waals surface area contributed by atoms with Crippen LogP contribution >= 0.6 is 0 Å². The van der Waals surface area contributed by atoms with E-state index < -0.39 is 9.84 Å². The first-order chi connectivity index (χ1) is 11.1. The van der Waals surface area contributed by atoms with Crippen LogP contribution in [0, 0.1) is 5.92 Å². The van der Waals surface area contributed by atoms with Gasteiger partial charge < -0.3 is 10.2 Å². The van der Waals surface area contributed by atoms with E-state index >= 15 is 0 Å². The van der Waals surface area contributed by atoms with Gasteiger partial charge in [-0.1, -0.05) is 12.2 Å². The van der Waals surface area contributed by atoms with E-state index in [1.807, 2.05) is 0 Å². The van der Waals surface area contributed by atoms with Crippen molar-refractivity contribution in [3.8, 4) is 0 Å². The summed E-state index contributed by atoms with van der Waals surface area (Å²) in [5.74, 6) is 1.77. The van der Waals surface area contributed by atoms with Crippen LogP contribution in [0.15, 0.2) is 17.1 Å². The predicted molar refractivity (Wildman–Crippen MR) is 93.4 cm³/mol. The van der Waals surface area contributed by atoms with Crippen molar-refractivity contribution >= 4 is 15.8 Å². The van der Waals surface area contributed by atoms with E-state index in [2.05, 4.69) is 34.2 Å². The van der Waals surface area contributed by atoms with Crippen LogP contribution in [0.5, 0.6) is 0 Å². The number of hydrogen-bond donors (Lipinski definition) is 1. The summed E-state index contributed by atoms with van der Waals surface area (Å²) in [6.45, 7) is 7.69. The molecule has 7 heteroatoms. The second kappa shape index (κ2) is 7.21. The molecule has 0 amide bonds. The van der Waals surface area contributed by atoms with Crippen molar-refractivity contribution in [1.82, 2.24) is 15.1 Å². The fourth-order valence-electron chi connectivity index (χ4n) is 3.68. The maximum atomic E-state index is 11.6. The minimum Gasteiger partial charge on any atom is -0.357 e. The number of sulfone groups is 1. The first kappa shape index (κ1) is 16.8. The highest BCUT2D eigenvalue weighted by Crippen LogP contribution is 2.20. The van der Waals surface area contributed by atoms with Crippen LogP contribution in [0.2, 0.25) is 0 Å². The van der Waals surface area contributed by atoms with Gasteiger partial charge in [-0.2, -0.15) is 0 Å². The zero-order valence-corrected chi connectivity index (χ0v) is 14.8. The Labute approximate surface area is 139 Å². The number of hydrogen-bond acceptors (Lipinski definition) is 4. The van der Waals surface area contributed by atoms with Gasteiger partial charge in [-0.15, -0.1) is 0 Å². The maximum Gasteiger partial charge on any atom is 0.193 e. The van der Waals surface area contributed by atoms with Crippen molar-refractivity contribution in [3.05, 3.63) is 12.2 Å². The average molecular weight is 340 g/mol. The SMILES string of the molecule is CCNC(=NCC1CCS(=O)(=O)C1)N1CCC(N2CC=CC2)C1. The van der Waals surface area contributed by atoms with Crippen LogP contribution in [0.1, 0.15) is 19.8 Å². The molecule has 3 rings (SSSR count). The molecule has 0 saturated carbocycles. The van der Waals surface area contributed by atoms with Gasteiger partial charge in [0.15, 0.2) is 15.8 Å². The third kappa shape index (κ3) is 4.26. The van der Waals surface area contributed by atoms with E-state index in [9.17, 15) is 8.42 Å². The van der Waals surface area contributed by atoms with Gasteiger partial charge >= 0.3 is 0 Å². The number of nitrogens with zero attached hydrogens (tertiary/aromatic N) is 3. The average Bonchev–Trinajstić information content (AvgIpc) is 3.23. The summed E-state index contributed by atoms with van der Waals surface area (Å²) < 4.78 is 23.1. The molecule has 3 aliphatic rings. The van der Waals surface area contributed by atoms with Crippen molar-refractivity contribution < 1.29 is 8.42 Å². The van der Waals surface area contributed by atoms with E-state index in [1.54, 1.807) is 0 Å². The molecule has 130 valence electrons. The molecule has 2 unspecified atom stereocenters. The number of aliphatic imine (C=N–C) groups is 1. The van der Waals surface area contributed by atoms with Gasteiger partial charge in [-0.3, -0.25) is 9.89 Å². The van der Waals surface area contributed by atoms with Gasteiger partial charge in [-0.05, 0) is 25.7 Å². The summed E-state index contributed by atoms with van der Waals surface area (Å²) in [7, 11) is -2.81. The number of rotatable bonds is 4. The normalized spacial score (nSPS) is 31.2. The molecule has 2 fully saturated rings. The van der Waals surface area contributed by atoms with Gasteiger partial charge in [0.1, 0.15) is 0 Å². The lowest BCUT2D eigenvalue weighted by Crippen LogP contribution is -2.43. The lowest BCUT2D eigenvalue weighted by Gasteiger charge is -2.25. The summed E-state index contributed by atoms with van der Waals surface area (Å²) in [5, 5.41) is 3.37. The molecule has 0 radical (unpaired) electrons. The van der Waals surface area contributed by atoms with Crippen LogP contribution in [0.25, 0.3) is 0 Å². The van der Waals surface area contributed by atoms with E-state index in [-0.39, 0.29) is 5.92 Å². The Kier molecular flexibility index (Phi) is 5.26. The van der Waals surface area contributed by atoms with Crippen LogP contribution in [0.4, 0.5) is 0 Å². The third-order valence-corrected chi connectivity index (χ3v) is 6.82. The Morgan fingerprint density at radius 1 is 1.30 bits per heavy atom. The second-order valence-corrected chi connectivity index (χ2v) is 9.01. The fraction of sp³-hybridized carbons (Fsp3) is 0.812. The highest BCUT2D eigenvalue weighted by atomic mass is 32.2. The van der Waals surface area contributed by atoms with Crippen molar-refractivity contribution in [2.24, 2.45) is 10.9 Å². The van der Waals surface area contributed by atoms with Gasteiger partial charge in [-0.25, -0.2) is 8.42 Å². The Bertz CT molecular complexity index is 565. The van der Waals surface area contributed by atoms with E-state index in [4.69, 9.17) is 4.99 Å². The van der Waals surface area contributed by atoms with E-state index in [0.717, 1.165) is 45.1 Å². The highest BCUT2D eigenvalue weighted by molar-refractivity contribution is 7.91. The lowest BCUT2D eigenvalue weighted by molar-refractivity contribution is 0.259. The molecule has 3 heterocycles. The van der Waals surface area contributed by atoms with Crippen LogP contribution in [-0.4, -0.2) is 81.0 Å². The topological polar surface area (TPSA) is 65.0 Å². The smallest absolute Gasteiger partial charge is 0.193 e. The summed E-state index contributed by atoms with van der Waals surface area (Å²) in [6.07, 6.45) is 6.40. The molecule has 2 atom stereocenters. The van der Waals surface area contributed by atoms with Crippen molar-refractivity contribution in [2.75, 3.05) is 50.8 Å². The molecule has 2 saturated heterocycles.